The Hall–Kier alpha value is -0.870. The maximum absolute atomic E-state index is 5.92. The molecule has 0 aliphatic heterocycles. The minimum absolute atomic E-state index is 0.0538. The predicted molar refractivity (Wildman–Crippen MR) is 77.2 cm³/mol. The van der Waals surface area contributed by atoms with Crippen LogP contribution in [0.5, 0.6) is 0 Å². The van der Waals surface area contributed by atoms with Crippen LogP contribution >= 0.6 is 0 Å². The van der Waals surface area contributed by atoms with Gasteiger partial charge < -0.3 is 10.1 Å². The number of aromatic nitrogens is 2. The van der Waals surface area contributed by atoms with Crippen LogP contribution in [0.15, 0.2) is 12.4 Å². The molecule has 19 heavy (non-hydrogen) atoms. The fourth-order valence-corrected chi connectivity index (χ4v) is 3.38. The Morgan fingerprint density at radius 1 is 1.47 bits per heavy atom. The molecule has 1 unspecified atom stereocenters. The SMILES string of the molecule is CCNC(CCc1cnn(C)c1)C1(OC)CCCC1. The lowest BCUT2D eigenvalue weighted by Gasteiger charge is -2.37. The molecule has 1 heterocycles. The van der Waals surface area contributed by atoms with Crippen LogP contribution in [0.2, 0.25) is 0 Å². The lowest BCUT2D eigenvalue weighted by atomic mass is 9.88. The zero-order valence-corrected chi connectivity index (χ0v) is 12.5. The van der Waals surface area contributed by atoms with Crippen molar-refractivity contribution < 1.29 is 4.74 Å². The fraction of sp³-hybridized carbons (Fsp3) is 0.800. The molecular formula is C15H27N3O. The number of rotatable bonds is 7. The molecule has 0 amide bonds. The fourth-order valence-electron chi connectivity index (χ4n) is 3.38. The van der Waals surface area contributed by atoms with E-state index in [4.69, 9.17) is 4.74 Å². The number of hydrogen-bond acceptors (Lipinski definition) is 3. The predicted octanol–water partition coefficient (Wildman–Crippen LogP) is 2.29. The van der Waals surface area contributed by atoms with Gasteiger partial charge in [-0.1, -0.05) is 19.8 Å². The number of methoxy groups -OCH3 is 1. The van der Waals surface area contributed by atoms with E-state index in [0.29, 0.717) is 6.04 Å². The summed E-state index contributed by atoms with van der Waals surface area (Å²) in [5, 5.41) is 7.88. The van der Waals surface area contributed by atoms with E-state index < -0.39 is 0 Å². The van der Waals surface area contributed by atoms with Crippen molar-refractivity contribution in [2.75, 3.05) is 13.7 Å². The quantitative estimate of drug-likeness (QED) is 0.822. The van der Waals surface area contributed by atoms with Crippen LogP contribution in [-0.4, -0.2) is 35.1 Å². The molecule has 4 heteroatoms. The minimum atomic E-state index is 0.0538. The molecule has 1 aromatic heterocycles. The van der Waals surface area contributed by atoms with Crippen molar-refractivity contribution in [3.8, 4) is 0 Å². The average Bonchev–Trinajstić information content (AvgIpc) is 3.04. The third-order valence-corrected chi connectivity index (χ3v) is 4.42. The van der Waals surface area contributed by atoms with Crippen LogP contribution in [-0.2, 0) is 18.2 Å². The van der Waals surface area contributed by atoms with Crippen molar-refractivity contribution in [3.63, 3.8) is 0 Å². The molecule has 1 aliphatic rings. The second-order valence-electron chi connectivity index (χ2n) is 5.65. The Morgan fingerprint density at radius 3 is 2.74 bits per heavy atom. The molecule has 0 spiro atoms. The van der Waals surface area contributed by atoms with Gasteiger partial charge in [0.05, 0.1) is 11.8 Å². The molecule has 0 aromatic carbocycles. The summed E-state index contributed by atoms with van der Waals surface area (Å²) in [7, 11) is 3.85. The van der Waals surface area contributed by atoms with Gasteiger partial charge in [0.15, 0.2) is 0 Å². The lowest BCUT2D eigenvalue weighted by molar-refractivity contribution is -0.0372. The smallest absolute Gasteiger partial charge is 0.0831 e. The van der Waals surface area contributed by atoms with Gasteiger partial charge in [-0.15, -0.1) is 0 Å². The van der Waals surface area contributed by atoms with E-state index >= 15 is 0 Å². The normalized spacial score (nSPS) is 19.7. The number of ether oxygens (including phenoxy) is 1. The van der Waals surface area contributed by atoms with Gasteiger partial charge in [-0.2, -0.15) is 5.10 Å². The summed E-state index contributed by atoms with van der Waals surface area (Å²) < 4.78 is 7.80. The van der Waals surface area contributed by atoms with Crippen molar-refractivity contribution in [1.82, 2.24) is 15.1 Å². The molecule has 1 saturated carbocycles. The van der Waals surface area contributed by atoms with Crippen LogP contribution in [0, 0.1) is 0 Å². The number of likely N-dealkylation sites (N-methyl/N-ethyl adjacent to an activating group) is 1. The highest BCUT2D eigenvalue weighted by molar-refractivity contribution is 5.06. The molecule has 4 nitrogen and oxygen atoms in total. The first-order valence-corrected chi connectivity index (χ1v) is 7.46. The van der Waals surface area contributed by atoms with E-state index in [-0.39, 0.29) is 5.60 Å². The monoisotopic (exact) mass is 265 g/mol. The third-order valence-electron chi connectivity index (χ3n) is 4.42. The van der Waals surface area contributed by atoms with Crippen molar-refractivity contribution in [1.29, 1.82) is 0 Å². The molecular weight excluding hydrogens is 238 g/mol. The molecule has 1 aromatic rings. The Kier molecular flexibility index (Phi) is 4.99. The maximum Gasteiger partial charge on any atom is 0.0831 e. The average molecular weight is 265 g/mol. The standard InChI is InChI=1S/C15H27N3O/c1-4-16-14(15(19-3)9-5-6-10-15)8-7-13-11-17-18(2)12-13/h11-12,14,16H,4-10H2,1-3H3. The van der Waals surface area contributed by atoms with Crippen molar-refractivity contribution in [2.24, 2.45) is 7.05 Å². The lowest BCUT2D eigenvalue weighted by Crippen LogP contribution is -2.50. The maximum atomic E-state index is 5.92. The van der Waals surface area contributed by atoms with Crippen LogP contribution < -0.4 is 5.32 Å². The summed E-state index contributed by atoms with van der Waals surface area (Å²) in [6, 6.07) is 0.449. The highest BCUT2D eigenvalue weighted by atomic mass is 16.5. The summed E-state index contributed by atoms with van der Waals surface area (Å²) in [6.45, 7) is 3.18. The molecule has 108 valence electrons. The molecule has 2 rings (SSSR count). The van der Waals surface area contributed by atoms with Gasteiger partial charge in [0, 0.05) is 26.4 Å². The third kappa shape index (κ3) is 3.37. The number of hydrogen-bond donors (Lipinski definition) is 1. The van der Waals surface area contributed by atoms with Crippen LogP contribution in [0.1, 0.15) is 44.6 Å². The van der Waals surface area contributed by atoms with Gasteiger partial charge in [-0.3, -0.25) is 4.68 Å². The molecule has 1 N–H and O–H groups in total. The van der Waals surface area contributed by atoms with Crippen LogP contribution in [0.4, 0.5) is 0 Å². The first-order valence-electron chi connectivity index (χ1n) is 7.46. The Bertz CT molecular complexity index is 382. The van der Waals surface area contributed by atoms with Gasteiger partial charge in [0.2, 0.25) is 0 Å². The van der Waals surface area contributed by atoms with Gasteiger partial charge in [0.25, 0.3) is 0 Å². The molecule has 0 radical (unpaired) electrons. The summed E-state index contributed by atoms with van der Waals surface area (Å²) in [6.07, 6.45) is 11.2. The second-order valence-corrected chi connectivity index (χ2v) is 5.65. The highest BCUT2D eigenvalue weighted by Crippen LogP contribution is 2.37. The number of nitrogens with zero attached hydrogens (tertiary/aromatic N) is 2. The summed E-state index contributed by atoms with van der Waals surface area (Å²) in [5.41, 5.74) is 1.37. The zero-order valence-electron chi connectivity index (χ0n) is 12.5. The number of aryl methyl sites for hydroxylation is 2. The van der Waals surface area contributed by atoms with Crippen LogP contribution in [0.25, 0.3) is 0 Å². The van der Waals surface area contributed by atoms with Gasteiger partial charge in [0.1, 0.15) is 0 Å². The Labute approximate surface area is 116 Å². The largest absolute Gasteiger partial charge is 0.377 e. The number of nitrogens with one attached hydrogen (secondary N) is 1. The molecule has 0 saturated heterocycles. The Morgan fingerprint density at radius 2 is 2.21 bits per heavy atom. The van der Waals surface area contributed by atoms with E-state index in [0.717, 1.165) is 19.4 Å². The summed E-state index contributed by atoms with van der Waals surface area (Å²) in [4.78, 5) is 0. The van der Waals surface area contributed by atoms with E-state index in [1.165, 1.54) is 31.2 Å². The van der Waals surface area contributed by atoms with Crippen LogP contribution in [0.3, 0.4) is 0 Å². The minimum Gasteiger partial charge on any atom is -0.377 e. The van der Waals surface area contributed by atoms with Gasteiger partial charge >= 0.3 is 0 Å². The molecule has 1 fully saturated rings. The summed E-state index contributed by atoms with van der Waals surface area (Å²) >= 11 is 0. The van der Waals surface area contributed by atoms with E-state index in [2.05, 4.69) is 23.5 Å². The zero-order chi connectivity index (χ0) is 13.7. The molecule has 1 aliphatic carbocycles. The molecule has 0 bridgehead atoms. The summed E-state index contributed by atoms with van der Waals surface area (Å²) in [5.74, 6) is 0. The first-order chi connectivity index (χ1) is 9.20. The van der Waals surface area contributed by atoms with E-state index in [9.17, 15) is 0 Å². The Balaban J connectivity index is 1.99. The van der Waals surface area contributed by atoms with E-state index in [1.807, 2.05) is 25.0 Å². The van der Waals surface area contributed by atoms with Crippen molar-refractivity contribution in [2.45, 2.75) is 57.1 Å². The van der Waals surface area contributed by atoms with Crippen molar-refractivity contribution >= 4 is 0 Å². The molecule has 1 atom stereocenters. The first kappa shape index (κ1) is 14.5. The van der Waals surface area contributed by atoms with Gasteiger partial charge in [-0.05, 0) is 37.8 Å². The second kappa shape index (κ2) is 6.53. The van der Waals surface area contributed by atoms with E-state index in [1.54, 1.807) is 0 Å². The topological polar surface area (TPSA) is 39.1 Å². The van der Waals surface area contributed by atoms with Crippen molar-refractivity contribution in [3.05, 3.63) is 18.0 Å². The highest BCUT2D eigenvalue weighted by Gasteiger charge is 2.40. The van der Waals surface area contributed by atoms with Gasteiger partial charge in [-0.25, -0.2) is 0 Å².